The van der Waals surface area contributed by atoms with Crippen molar-refractivity contribution in [1.82, 2.24) is 10.3 Å². The molecule has 6 nitrogen and oxygen atoms in total. The molecule has 0 unspecified atom stereocenters. The van der Waals surface area contributed by atoms with Crippen LogP contribution in [0.25, 0.3) is 22.0 Å². The Morgan fingerprint density at radius 2 is 1.65 bits per heavy atom. The second kappa shape index (κ2) is 10.6. The molecule has 3 aromatic carbocycles. The number of nitrogens with one attached hydrogen (secondary N) is 2. The number of hydrogen-bond acceptors (Lipinski definition) is 4. The van der Waals surface area contributed by atoms with Gasteiger partial charge in [-0.15, -0.1) is 0 Å². The molecule has 37 heavy (non-hydrogen) atoms. The van der Waals surface area contributed by atoms with Gasteiger partial charge in [0.1, 0.15) is 5.82 Å². The van der Waals surface area contributed by atoms with Gasteiger partial charge in [-0.1, -0.05) is 23.7 Å². The maximum absolute atomic E-state index is 14.4. The Hall–Kier alpha value is -3.97. The zero-order valence-electron chi connectivity index (χ0n) is 19.9. The zero-order valence-corrected chi connectivity index (χ0v) is 20.6. The number of benzene rings is 3. The normalized spacial score (nSPS) is 17.4. The molecule has 8 heteroatoms. The van der Waals surface area contributed by atoms with Crippen molar-refractivity contribution in [2.24, 2.45) is 0 Å². The largest absolute Gasteiger partial charge is 0.478 e. The summed E-state index contributed by atoms with van der Waals surface area (Å²) in [5.74, 6) is -1.96. The average molecular weight is 518 g/mol. The van der Waals surface area contributed by atoms with Crippen molar-refractivity contribution in [2.75, 3.05) is 5.32 Å². The monoisotopic (exact) mass is 517 g/mol. The first-order valence-electron chi connectivity index (χ1n) is 12.1. The van der Waals surface area contributed by atoms with Gasteiger partial charge < -0.3 is 15.7 Å². The number of pyridine rings is 1. The van der Waals surface area contributed by atoms with Crippen LogP contribution in [0.2, 0.25) is 5.02 Å². The van der Waals surface area contributed by atoms with Crippen LogP contribution in [0.5, 0.6) is 0 Å². The molecule has 1 saturated carbocycles. The van der Waals surface area contributed by atoms with Crippen LogP contribution in [0.15, 0.2) is 72.9 Å². The summed E-state index contributed by atoms with van der Waals surface area (Å²) in [6.07, 6.45) is 5.09. The van der Waals surface area contributed by atoms with Crippen LogP contribution in [0.1, 0.15) is 46.4 Å². The Morgan fingerprint density at radius 3 is 2.43 bits per heavy atom. The van der Waals surface area contributed by atoms with Gasteiger partial charge in [-0.2, -0.15) is 0 Å². The van der Waals surface area contributed by atoms with E-state index in [1.165, 1.54) is 24.3 Å². The maximum atomic E-state index is 14.4. The van der Waals surface area contributed by atoms with Gasteiger partial charge in [0.2, 0.25) is 0 Å². The summed E-state index contributed by atoms with van der Waals surface area (Å²) in [6.45, 7) is 0. The molecule has 0 bridgehead atoms. The summed E-state index contributed by atoms with van der Waals surface area (Å²) in [7, 11) is 0. The van der Waals surface area contributed by atoms with E-state index in [9.17, 15) is 19.1 Å². The number of halogens is 2. The highest BCUT2D eigenvalue weighted by molar-refractivity contribution is 6.31. The molecule has 4 aromatic rings. The molecule has 0 saturated heterocycles. The van der Waals surface area contributed by atoms with Gasteiger partial charge in [-0.3, -0.25) is 9.78 Å². The number of amides is 1. The highest BCUT2D eigenvalue weighted by Crippen LogP contribution is 2.29. The van der Waals surface area contributed by atoms with Gasteiger partial charge in [0, 0.05) is 39.9 Å². The minimum atomic E-state index is -1.07. The standard InChI is InChI=1S/C29H25ClFN3O3/c30-21-4-9-25-26(10-11-32-27(25)16-21)33-23-5-7-24(8-6-23)34-28(35)20-13-19(14-22(31)15-20)17-2-1-3-18(12-17)29(36)37/h1-4,9-16,23-24H,5-8H2,(H,32,33)(H,34,35)(H,36,37). The molecule has 0 atom stereocenters. The predicted molar refractivity (Wildman–Crippen MR) is 143 cm³/mol. The van der Waals surface area contributed by atoms with Crippen molar-refractivity contribution in [3.63, 3.8) is 0 Å². The molecule has 1 amide bonds. The van der Waals surface area contributed by atoms with E-state index >= 15 is 0 Å². The lowest BCUT2D eigenvalue weighted by atomic mass is 9.90. The van der Waals surface area contributed by atoms with Crippen LogP contribution < -0.4 is 10.6 Å². The van der Waals surface area contributed by atoms with Crippen LogP contribution in [0.3, 0.4) is 0 Å². The minimum absolute atomic E-state index is 0.0133. The average Bonchev–Trinajstić information content (AvgIpc) is 2.89. The number of aromatic carboxylic acids is 1. The molecule has 0 spiro atoms. The molecule has 0 aliphatic heterocycles. The number of carboxylic acid groups (broad SMARTS) is 1. The van der Waals surface area contributed by atoms with Crippen molar-refractivity contribution < 1.29 is 19.1 Å². The van der Waals surface area contributed by atoms with Crippen LogP contribution >= 0.6 is 11.6 Å². The minimum Gasteiger partial charge on any atom is -0.478 e. The summed E-state index contributed by atoms with van der Waals surface area (Å²) in [5.41, 5.74) is 3.13. The highest BCUT2D eigenvalue weighted by atomic mass is 35.5. The number of carbonyl (C=O) groups is 2. The molecule has 188 valence electrons. The van der Waals surface area contributed by atoms with Gasteiger partial charge in [-0.05, 0) is 91.4 Å². The third-order valence-electron chi connectivity index (χ3n) is 6.73. The quantitative estimate of drug-likeness (QED) is 0.270. The first-order valence-corrected chi connectivity index (χ1v) is 12.5. The third kappa shape index (κ3) is 5.73. The number of nitrogens with zero attached hydrogens (tertiary/aromatic N) is 1. The van der Waals surface area contributed by atoms with E-state index < -0.39 is 11.8 Å². The highest BCUT2D eigenvalue weighted by Gasteiger charge is 2.24. The Morgan fingerprint density at radius 1 is 0.892 bits per heavy atom. The third-order valence-corrected chi connectivity index (χ3v) is 6.96. The van der Waals surface area contributed by atoms with Gasteiger partial charge in [-0.25, -0.2) is 9.18 Å². The van der Waals surface area contributed by atoms with E-state index in [1.54, 1.807) is 24.4 Å². The lowest BCUT2D eigenvalue weighted by Crippen LogP contribution is -2.40. The van der Waals surface area contributed by atoms with E-state index in [0.29, 0.717) is 16.1 Å². The van der Waals surface area contributed by atoms with Gasteiger partial charge >= 0.3 is 5.97 Å². The van der Waals surface area contributed by atoms with Gasteiger partial charge in [0.25, 0.3) is 5.91 Å². The molecule has 5 rings (SSSR count). The first kappa shape index (κ1) is 24.7. The predicted octanol–water partition coefficient (Wildman–Crippen LogP) is 6.55. The number of aromatic nitrogens is 1. The molecule has 0 radical (unpaired) electrons. The van der Waals surface area contributed by atoms with Crippen molar-refractivity contribution in [3.05, 3.63) is 94.9 Å². The molecule has 1 aromatic heterocycles. The first-order chi connectivity index (χ1) is 17.9. The zero-order chi connectivity index (χ0) is 25.9. The molecule has 1 heterocycles. The summed E-state index contributed by atoms with van der Waals surface area (Å²) >= 11 is 6.09. The molecule has 3 N–H and O–H groups in total. The van der Waals surface area contributed by atoms with Crippen molar-refractivity contribution in [3.8, 4) is 11.1 Å². The van der Waals surface area contributed by atoms with Crippen molar-refractivity contribution in [2.45, 2.75) is 37.8 Å². The van der Waals surface area contributed by atoms with E-state index in [-0.39, 0.29) is 29.1 Å². The SMILES string of the molecule is O=C(O)c1cccc(-c2cc(F)cc(C(=O)NC3CCC(Nc4ccnc5cc(Cl)ccc45)CC3)c2)c1. The Balaban J connectivity index is 1.22. The number of hydrogen-bond donors (Lipinski definition) is 3. The molecule has 1 fully saturated rings. The lowest BCUT2D eigenvalue weighted by Gasteiger charge is -2.30. The smallest absolute Gasteiger partial charge is 0.335 e. The van der Waals surface area contributed by atoms with E-state index in [0.717, 1.165) is 42.3 Å². The Labute approximate surface area is 218 Å². The molecule has 1 aliphatic carbocycles. The van der Waals surface area contributed by atoms with Crippen LogP contribution in [0.4, 0.5) is 10.1 Å². The second-order valence-corrected chi connectivity index (χ2v) is 9.74. The maximum Gasteiger partial charge on any atom is 0.335 e. The van der Waals surface area contributed by atoms with Crippen LogP contribution in [-0.2, 0) is 0 Å². The number of carboxylic acids is 1. The Kier molecular flexibility index (Phi) is 7.06. The summed E-state index contributed by atoms with van der Waals surface area (Å²) in [4.78, 5) is 28.6. The number of fused-ring (bicyclic) bond motifs is 1. The van der Waals surface area contributed by atoms with Crippen molar-refractivity contribution >= 4 is 40.1 Å². The van der Waals surface area contributed by atoms with E-state index in [4.69, 9.17) is 11.6 Å². The van der Waals surface area contributed by atoms with Gasteiger partial charge in [0.05, 0.1) is 11.1 Å². The fraction of sp³-hybridized carbons (Fsp3) is 0.207. The summed E-state index contributed by atoms with van der Waals surface area (Å²) in [6, 6.07) is 18.2. The van der Waals surface area contributed by atoms with Crippen LogP contribution in [0, 0.1) is 5.82 Å². The van der Waals surface area contributed by atoms with Crippen molar-refractivity contribution in [1.29, 1.82) is 0 Å². The van der Waals surface area contributed by atoms with E-state index in [2.05, 4.69) is 15.6 Å². The summed E-state index contributed by atoms with van der Waals surface area (Å²) < 4.78 is 14.4. The fourth-order valence-electron chi connectivity index (χ4n) is 4.84. The number of anilines is 1. The van der Waals surface area contributed by atoms with Gasteiger partial charge in [0.15, 0.2) is 0 Å². The van der Waals surface area contributed by atoms with Crippen LogP contribution in [-0.4, -0.2) is 34.1 Å². The van der Waals surface area contributed by atoms with E-state index in [1.807, 2.05) is 24.3 Å². The molecular weight excluding hydrogens is 493 g/mol. The summed E-state index contributed by atoms with van der Waals surface area (Å²) in [5, 5.41) is 17.5. The second-order valence-electron chi connectivity index (χ2n) is 9.30. The Bertz CT molecular complexity index is 1480. The number of carbonyl (C=O) groups excluding carboxylic acids is 1. The topological polar surface area (TPSA) is 91.3 Å². The fourth-order valence-corrected chi connectivity index (χ4v) is 5.00. The molecule has 1 aliphatic rings. The number of rotatable bonds is 6. The molecular formula is C29H25ClFN3O3. The lowest BCUT2D eigenvalue weighted by molar-refractivity contribution is 0.0696.